The van der Waals surface area contributed by atoms with E-state index in [0.717, 1.165) is 31.0 Å². The van der Waals surface area contributed by atoms with Crippen LogP contribution < -0.4 is 20.1 Å². The highest BCUT2D eigenvalue weighted by Crippen LogP contribution is 2.24. The van der Waals surface area contributed by atoms with Crippen molar-refractivity contribution in [2.75, 3.05) is 40.4 Å². The Bertz CT molecular complexity index is 820. The molecule has 156 valence electrons. The first-order valence-corrected chi connectivity index (χ1v) is 10.6. The summed E-state index contributed by atoms with van der Waals surface area (Å²) >= 11 is 1.78. The molecule has 0 unspecified atom stereocenters. The highest BCUT2D eigenvalue weighted by Gasteiger charge is 2.20. The lowest BCUT2D eigenvalue weighted by atomic mass is 10.1. The molecule has 1 aliphatic heterocycles. The maximum absolute atomic E-state index is 12.5. The standard InChI is InChI=1S/C21H28N4O3S/c1-22-21(24-11-13-28-18-5-3-17(27-2)4-6-18)23-10-7-20(26)25-12-8-19-16(15-25)9-14-29-19/h3-6,9,14H,7-8,10-13,15H2,1-2H3,(H2,22,23,24). The molecule has 0 saturated heterocycles. The molecule has 8 heteroatoms. The van der Waals surface area contributed by atoms with E-state index in [1.165, 1.54) is 10.4 Å². The zero-order chi connectivity index (χ0) is 20.5. The summed E-state index contributed by atoms with van der Waals surface area (Å²) in [5.74, 6) is 2.42. The molecular weight excluding hydrogens is 388 g/mol. The van der Waals surface area contributed by atoms with Gasteiger partial charge in [0, 0.05) is 38.0 Å². The number of nitrogens with one attached hydrogen (secondary N) is 2. The number of fused-ring (bicyclic) bond motifs is 1. The van der Waals surface area contributed by atoms with Crippen LogP contribution in [0.25, 0.3) is 0 Å². The van der Waals surface area contributed by atoms with Gasteiger partial charge in [0.2, 0.25) is 5.91 Å². The number of guanidine groups is 1. The first-order valence-electron chi connectivity index (χ1n) is 9.74. The Kier molecular flexibility index (Phi) is 7.75. The van der Waals surface area contributed by atoms with Crippen LogP contribution in [-0.4, -0.2) is 57.2 Å². The Morgan fingerprint density at radius 2 is 1.93 bits per heavy atom. The number of carbonyl (C=O) groups excluding carboxylic acids is 1. The Labute approximate surface area is 175 Å². The predicted molar refractivity (Wildman–Crippen MR) is 116 cm³/mol. The van der Waals surface area contributed by atoms with Gasteiger partial charge in [0.15, 0.2) is 5.96 Å². The van der Waals surface area contributed by atoms with Gasteiger partial charge >= 0.3 is 0 Å². The van der Waals surface area contributed by atoms with Crippen LogP contribution in [0.5, 0.6) is 11.5 Å². The average Bonchev–Trinajstić information content (AvgIpc) is 3.23. The van der Waals surface area contributed by atoms with E-state index in [-0.39, 0.29) is 5.91 Å². The molecule has 0 radical (unpaired) electrons. The number of aliphatic imine (C=N–C) groups is 1. The van der Waals surface area contributed by atoms with E-state index in [9.17, 15) is 4.79 Å². The number of methoxy groups -OCH3 is 1. The van der Waals surface area contributed by atoms with E-state index in [2.05, 4.69) is 27.1 Å². The molecule has 0 fully saturated rings. The van der Waals surface area contributed by atoms with Crippen molar-refractivity contribution in [2.24, 2.45) is 4.99 Å². The average molecular weight is 417 g/mol. The van der Waals surface area contributed by atoms with E-state index in [0.29, 0.717) is 32.1 Å². The molecule has 1 aromatic heterocycles. The molecule has 2 aromatic rings. The summed E-state index contributed by atoms with van der Waals surface area (Å²) in [5.41, 5.74) is 1.29. The molecule has 0 aliphatic carbocycles. The second-order valence-corrected chi connectivity index (χ2v) is 7.63. The Morgan fingerprint density at radius 1 is 1.17 bits per heavy atom. The summed E-state index contributed by atoms with van der Waals surface area (Å²) in [5, 5.41) is 8.48. The van der Waals surface area contributed by atoms with Crippen LogP contribution in [-0.2, 0) is 17.8 Å². The molecule has 0 atom stereocenters. The van der Waals surface area contributed by atoms with Crippen molar-refractivity contribution in [2.45, 2.75) is 19.4 Å². The molecule has 0 bridgehead atoms. The normalized spacial score (nSPS) is 13.6. The van der Waals surface area contributed by atoms with Gasteiger partial charge in [-0.3, -0.25) is 9.79 Å². The SMILES string of the molecule is CN=C(NCCOc1ccc(OC)cc1)NCCC(=O)N1CCc2sccc2C1. The van der Waals surface area contributed by atoms with Crippen molar-refractivity contribution >= 4 is 23.2 Å². The summed E-state index contributed by atoms with van der Waals surface area (Å²) < 4.78 is 10.8. The molecule has 1 amide bonds. The van der Waals surface area contributed by atoms with Crippen LogP contribution in [0.1, 0.15) is 16.9 Å². The minimum absolute atomic E-state index is 0.174. The molecule has 2 heterocycles. The zero-order valence-corrected chi connectivity index (χ0v) is 17.8. The molecule has 0 spiro atoms. The number of ether oxygens (including phenoxy) is 2. The van der Waals surface area contributed by atoms with Gasteiger partial charge in [-0.2, -0.15) is 0 Å². The number of carbonyl (C=O) groups is 1. The second kappa shape index (κ2) is 10.7. The smallest absolute Gasteiger partial charge is 0.224 e. The van der Waals surface area contributed by atoms with Crippen LogP contribution in [0, 0.1) is 0 Å². The first-order chi connectivity index (χ1) is 14.2. The third-order valence-electron chi connectivity index (χ3n) is 4.74. The van der Waals surface area contributed by atoms with Crippen molar-refractivity contribution in [3.63, 3.8) is 0 Å². The van der Waals surface area contributed by atoms with Crippen molar-refractivity contribution in [3.05, 3.63) is 46.2 Å². The number of rotatable bonds is 8. The molecule has 1 aromatic carbocycles. The van der Waals surface area contributed by atoms with E-state index in [1.54, 1.807) is 25.5 Å². The molecular formula is C21H28N4O3S. The topological polar surface area (TPSA) is 75.2 Å². The Hall–Kier alpha value is -2.74. The van der Waals surface area contributed by atoms with E-state index < -0.39 is 0 Å². The van der Waals surface area contributed by atoms with Crippen molar-refractivity contribution in [1.29, 1.82) is 0 Å². The quantitative estimate of drug-likeness (QED) is 0.392. The Balaban J connectivity index is 1.31. The minimum Gasteiger partial charge on any atom is -0.497 e. The van der Waals surface area contributed by atoms with Crippen LogP contribution in [0.3, 0.4) is 0 Å². The van der Waals surface area contributed by atoms with Crippen molar-refractivity contribution in [1.82, 2.24) is 15.5 Å². The van der Waals surface area contributed by atoms with Gasteiger partial charge in [0.1, 0.15) is 18.1 Å². The molecule has 2 N–H and O–H groups in total. The number of hydrogen-bond donors (Lipinski definition) is 2. The molecule has 3 rings (SSSR count). The number of hydrogen-bond acceptors (Lipinski definition) is 5. The number of benzene rings is 1. The minimum atomic E-state index is 0.174. The fraction of sp³-hybridized carbons (Fsp3) is 0.429. The number of thiophene rings is 1. The lowest BCUT2D eigenvalue weighted by molar-refractivity contribution is -0.131. The van der Waals surface area contributed by atoms with Gasteiger partial charge in [-0.1, -0.05) is 0 Å². The fourth-order valence-electron chi connectivity index (χ4n) is 3.14. The zero-order valence-electron chi connectivity index (χ0n) is 16.9. The lowest BCUT2D eigenvalue weighted by Gasteiger charge is -2.27. The largest absolute Gasteiger partial charge is 0.497 e. The Morgan fingerprint density at radius 3 is 2.69 bits per heavy atom. The van der Waals surface area contributed by atoms with E-state index >= 15 is 0 Å². The highest BCUT2D eigenvalue weighted by molar-refractivity contribution is 7.10. The van der Waals surface area contributed by atoms with Gasteiger partial charge in [0.05, 0.1) is 13.7 Å². The molecule has 29 heavy (non-hydrogen) atoms. The van der Waals surface area contributed by atoms with Gasteiger partial charge in [-0.15, -0.1) is 11.3 Å². The molecule has 0 saturated carbocycles. The third-order valence-corrected chi connectivity index (χ3v) is 5.76. The number of nitrogens with zero attached hydrogens (tertiary/aromatic N) is 2. The third kappa shape index (κ3) is 6.12. The fourth-order valence-corrected chi connectivity index (χ4v) is 4.03. The summed E-state index contributed by atoms with van der Waals surface area (Å²) in [6, 6.07) is 9.59. The van der Waals surface area contributed by atoms with Crippen LogP contribution >= 0.6 is 11.3 Å². The van der Waals surface area contributed by atoms with Crippen molar-refractivity contribution < 1.29 is 14.3 Å². The van der Waals surface area contributed by atoms with Gasteiger partial charge in [-0.05, 0) is 47.7 Å². The number of amides is 1. The molecule has 7 nitrogen and oxygen atoms in total. The monoisotopic (exact) mass is 416 g/mol. The van der Waals surface area contributed by atoms with Gasteiger partial charge < -0.3 is 25.0 Å². The first kappa shape index (κ1) is 21.0. The molecule has 1 aliphatic rings. The van der Waals surface area contributed by atoms with Gasteiger partial charge in [0.25, 0.3) is 0 Å². The van der Waals surface area contributed by atoms with Crippen LogP contribution in [0.4, 0.5) is 0 Å². The van der Waals surface area contributed by atoms with E-state index in [1.807, 2.05) is 29.2 Å². The van der Waals surface area contributed by atoms with Gasteiger partial charge in [-0.25, -0.2) is 0 Å². The highest BCUT2D eigenvalue weighted by atomic mass is 32.1. The van der Waals surface area contributed by atoms with E-state index in [4.69, 9.17) is 9.47 Å². The predicted octanol–water partition coefficient (Wildman–Crippen LogP) is 2.28. The maximum Gasteiger partial charge on any atom is 0.224 e. The maximum atomic E-state index is 12.5. The summed E-state index contributed by atoms with van der Waals surface area (Å²) in [4.78, 5) is 20.0. The summed E-state index contributed by atoms with van der Waals surface area (Å²) in [6.07, 6.45) is 1.41. The second-order valence-electron chi connectivity index (χ2n) is 6.63. The van der Waals surface area contributed by atoms with Crippen LogP contribution in [0.2, 0.25) is 0 Å². The lowest BCUT2D eigenvalue weighted by Crippen LogP contribution is -2.42. The van der Waals surface area contributed by atoms with Crippen molar-refractivity contribution in [3.8, 4) is 11.5 Å². The van der Waals surface area contributed by atoms with Crippen LogP contribution in [0.15, 0.2) is 40.7 Å². The summed E-state index contributed by atoms with van der Waals surface area (Å²) in [6.45, 7) is 3.19. The summed E-state index contributed by atoms with van der Waals surface area (Å²) in [7, 11) is 3.35.